The zero-order valence-corrected chi connectivity index (χ0v) is 14.5. The number of hydrogen-bond donors (Lipinski definition) is 1. The van der Waals surface area contributed by atoms with Crippen LogP contribution < -0.4 is 5.32 Å². The number of nitrogens with zero attached hydrogens (tertiary/aromatic N) is 1. The third-order valence-corrected chi connectivity index (χ3v) is 5.85. The van der Waals surface area contributed by atoms with E-state index >= 15 is 0 Å². The molecule has 2 rings (SSSR count). The third kappa shape index (κ3) is 4.05. The van der Waals surface area contributed by atoms with Crippen LogP contribution >= 0.6 is 11.3 Å². The average Bonchev–Trinajstić information content (AvgIpc) is 2.81. The number of aryl methyl sites for hydroxylation is 1. The molecule has 0 saturated heterocycles. The molecule has 1 aromatic heterocycles. The maximum atomic E-state index is 4.63. The van der Waals surface area contributed by atoms with Gasteiger partial charge in [0.25, 0.3) is 0 Å². The Bertz CT molecular complexity index is 411. The molecule has 1 unspecified atom stereocenters. The zero-order valence-electron chi connectivity index (χ0n) is 13.7. The minimum atomic E-state index is 0.478. The molecular weight excluding hydrogens is 264 g/mol. The lowest BCUT2D eigenvalue weighted by Gasteiger charge is -2.39. The molecule has 0 aromatic carbocycles. The van der Waals surface area contributed by atoms with Crippen LogP contribution in [0.1, 0.15) is 57.2 Å². The number of rotatable bonds is 4. The van der Waals surface area contributed by atoms with Crippen LogP contribution in [0, 0.1) is 24.2 Å². The summed E-state index contributed by atoms with van der Waals surface area (Å²) >= 11 is 1.77. The van der Waals surface area contributed by atoms with Gasteiger partial charge in [0.2, 0.25) is 0 Å². The first-order chi connectivity index (χ1) is 9.40. The second-order valence-electron chi connectivity index (χ2n) is 7.43. The van der Waals surface area contributed by atoms with E-state index in [9.17, 15) is 0 Å². The molecule has 0 spiro atoms. The Morgan fingerprint density at radius 3 is 2.40 bits per heavy atom. The largest absolute Gasteiger partial charge is 0.316 e. The molecule has 0 bridgehead atoms. The lowest BCUT2D eigenvalue weighted by molar-refractivity contribution is 0.134. The monoisotopic (exact) mass is 294 g/mol. The second-order valence-corrected chi connectivity index (χ2v) is 8.50. The summed E-state index contributed by atoms with van der Waals surface area (Å²) in [5.74, 6) is 1.72. The van der Waals surface area contributed by atoms with Crippen LogP contribution in [-0.4, -0.2) is 18.1 Å². The normalized spacial score (nSPS) is 25.6. The van der Waals surface area contributed by atoms with E-state index in [0.29, 0.717) is 11.5 Å². The number of aromatic nitrogens is 1. The molecule has 0 radical (unpaired) electrons. The number of hydrogen-bond acceptors (Lipinski definition) is 3. The minimum absolute atomic E-state index is 0.478. The predicted molar refractivity (Wildman–Crippen MR) is 88.3 cm³/mol. The van der Waals surface area contributed by atoms with Gasteiger partial charge in [-0.2, -0.15) is 0 Å². The summed E-state index contributed by atoms with van der Waals surface area (Å²) in [6.45, 7) is 9.28. The van der Waals surface area contributed by atoms with Crippen molar-refractivity contribution >= 4 is 11.3 Å². The standard InChI is InChI=1S/C17H30N2S/c1-12-19-15(11-20-12)10-16(18-5)13-6-8-14(9-7-13)17(2,3)4/h11,13-14,16,18H,6-10H2,1-5H3. The first-order valence-electron chi connectivity index (χ1n) is 7.98. The molecule has 1 atom stereocenters. The summed E-state index contributed by atoms with van der Waals surface area (Å²) in [5, 5.41) is 6.96. The summed E-state index contributed by atoms with van der Waals surface area (Å²) in [4.78, 5) is 4.63. The van der Waals surface area contributed by atoms with Crippen molar-refractivity contribution in [2.45, 2.75) is 65.8 Å². The molecule has 114 valence electrons. The highest BCUT2D eigenvalue weighted by Gasteiger charge is 2.32. The summed E-state index contributed by atoms with van der Waals surface area (Å²) in [5.41, 5.74) is 1.75. The van der Waals surface area contributed by atoms with E-state index in [1.54, 1.807) is 11.3 Å². The molecule has 1 saturated carbocycles. The first kappa shape index (κ1) is 16.0. The topological polar surface area (TPSA) is 24.9 Å². The smallest absolute Gasteiger partial charge is 0.0897 e. The SMILES string of the molecule is CNC(Cc1csc(C)n1)C1CCC(C(C)(C)C)CC1. The van der Waals surface area contributed by atoms with Crippen LogP contribution in [0.25, 0.3) is 0 Å². The fourth-order valence-corrected chi connectivity index (χ4v) is 4.24. The van der Waals surface area contributed by atoms with E-state index in [4.69, 9.17) is 0 Å². The van der Waals surface area contributed by atoms with Gasteiger partial charge in [-0.25, -0.2) is 4.98 Å². The number of thiazole rings is 1. The van der Waals surface area contributed by atoms with Gasteiger partial charge in [0.1, 0.15) is 0 Å². The van der Waals surface area contributed by atoms with E-state index < -0.39 is 0 Å². The van der Waals surface area contributed by atoms with Crippen molar-refractivity contribution in [3.63, 3.8) is 0 Å². The van der Waals surface area contributed by atoms with Crippen molar-refractivity contribution < 1.29 is 0 Å². The molecule has 1 aliphatic carbocycles. The quantitative estimate of drug-likeness (QED) is 0.888. The average molecular weight is 295 g/mol. The van der Waals surface area contributed by atoms with Crippen LogP contribution in [0.4, 0.5) is 0 Å². The summed E-state index contributed by atoms with van der Waals surface area (Å²) in [6.07, 6.45) is 6.61. The summed E-state index contributed by atoms with van der Waals surface area (Å²) in [6, 6.07) is 0.595. The Kier molecular flexibility index (Phi) is 5.25. The highest BCUT2D eigenvalue weighted by Crippen LogP contribution is 2.41. The Balaban J connectivity index is 1.90. The van der Waals surface area contributed by atoms with Crippen LogP contribution in [-0.2, 0) is 6.42 Å². The summed E-state index contributed by atoms with van der Waals surface area (Å²) in [7, 11) is 2.11. The molecule has 2 nitrogen and oxygen atoms in total. The molecule has 1 heterocycles. The van der Waals surface area contributed by atoms with E-state index in [0.717, 1.165) is 18.3 Å². The molecule has 1 N–H and O–H groups in total. The fourth-order valence-electron chi connectivity index (χ4n) is 3.62. The van der Waals surface area contributed by atoms with Gasteiger partial charge >= 0.3 is 0 Å². The first-order valence-corrected chi connectivity index (χ1v) is 8.86. The zero-order chi connectivity index (χ0) is 14.8. The Morgan fingerprint density at radius 2 is 1.95 bits per heavy atom. The van der Waals surface area contributed by atoms with Crippen molar-refractivity contribution in [3.05, 3.63) is 16.1 Å². The van der Waals surface area contributed by atoms with Gasteiger partial charge in [-0.3, -0.25) is 0 Å². The molecule has 0 amide bonds. The van der Waals surface area contributed by atoms with Gasteiger partial charge in [0.15, 0.2) is 0 Å². The van der Waals surface area contributed by atoms with Crippen molar-refractivity contribution in [1.82, 2.24) is 10.3 Å². The van der Waals surface area contributed by atoms with Gasteiger partial charge in [-0.1, -0.05) is 20.8 Å². The molecule has 20 heavy (non-hydrogen) atoms. The van der Waals surface area contributed by atoms with Crippen LogP contribution in [0.15, 0.2) is 5.38 Å². The lowest BCUT2D eigenvalue weighted by atomic mass is 9.68. The predicted octanol–water partition coefficient (Wildman–Crippen LogP) is 4.43. The van der Waals surface area contributed by atoms with Crippen molar-refractivity contribution in [1.29, 1.82) is 0 Å². The number of nitrogens with one attached hydrogen (secondary N) is 1. The Morgan fingerprint density at radius 1 is 1.30 bits per heavy atom. The lowest BCUT2D eigenvalue weighted by Crippen LogP contribution is -2.39. The van der Waals surface area contributed by atoms with Gasteiger partial charge < -0.3 is 5.32 Å². The highest BCUT2D eigenvalue weighted by molar-refractivity contribution is 7.09. The van der Waals surface area contributed by atoms with Gasteiger partial charge in [0, 0.05) is 17.8 Å². The van der Waals surface area contributed by atoms with Crippen LogP contribution in [0.5, 0.6) is 0 Å². The van der Waals surface area contributed by atoms with Crippen molar-refractivity contribution in [3.8, 4) is 0 Å². The maximum Gasteiger partial charge on any atom is 0.0897 e. The Labute approximate surface area is 128 Å². The molecule has 1 aliphatic rings. The molecular formula is C17H30N2S. The highest BCUT2D eigenvalue weighted by atomic mass is 32.1. The van der Waals surface area contributed by atoms with E-state index in [-0.39, 0.29) is 0 Å². The van der Waals surface area contributed by atoms with Gasteiger partial charge in [0.05, 0.1) is 10.7 Å². The molecule has 1 fully saturated rings. The van der Waals surface area contributed by atoms with E-state index in [1.165, 1.54) is 36.4 Å². The van der Waals surface area contributed by atoms with Crippen LogP contribution in [0.2, 0.25) is 0 Å². The van der Waals surface area contributed by atoms with E-state index in [1.807, 2.05) is 0 Å². The Hall–Kier alpha value is -0.410. The third-order valence-electron chi connectivity index (χ3n) is 5.03. The van der Waals surface area contributed by atoms with Crippen molar-refractivity contribution in [2.75, 3.05) is 7.05 Å². The maximum absolute atomic E-state index is 4.63. The molecule has 1 aromatic rings. The van der Waals surface area contributed by atoms with E-state index in [2.05, 4.69) is 50.4 Å². The minimum Gasteiger partial charge on any atom is -0.316 e. The second kappa shape index (κ2) is 6.57. The fraction of sp³-hybridized carbons (Fsp3) is 0.824. The molecule has 0 aliphatic heterocycles. The van der Waals surface area contributed by atoms with Gasteiger partial charge in [-0.05, 0) is 56.9 Å². The number of likely N-dealkylation sites (N-methyl/N-ethyl adjacent to an activating group) is 1. The van der Waals surface area contributed by atoms with Gasteiger partial charge in [-0.15, -0.1) is 11.3 Å². The summed E-state index contributed by atoms with van der Waals surface area (Å²) < 4.78 is 0. The molecule has 3 heteroatoms. The van der Waals surface area contributed by atoms with Crippen LogP contribution in [0.3, 0.4) is 0 Å². The van der Waals surface area contributed by atoms with Crippen molar-refractivity contribution in [2.24, 2.45) is 17.3 Å².